The molecule has 46 heavy (non-hydrogen) atoms. The number of phenols is 1. The molecule has 4 aromatic carbocycles. The summed E-state index contributed by atoms with van der Waals surface area (Å²) >= 11 is 0. The van der Waals surface area contributed by atoms with Gasteiger partial charge in [-0.15, -0.1) is 0 Å². The van der Waals surface area contributed by atoms with Crippen molar-refractivity contribution in [3.8, 4) is 11.5 Å². The zero-order chi connectivity index (χ0) is 31.6. The zero-order valence-electron chi connectivity index (χ0n) is 25.4. The maximum atomic E-state index is 14.1. The van der Waals surface area contributed by atoms with Gasteiger partial charge in [0.05, 0.1) is 6.10 Å². The van der Waals surface area contributed by atoms with Gasteiger partial charge in [0.15, 0.2) is 11.6 Å². The Morgan fingerprint density at radius 3 is 2.28 bits per heavy atom. The van der Waals surface area contributed by atoms with Crippen LogP contribution in [0.25, 0.3) is 11.6 Å². The standard InChI is InChI=1S/C39H35BO6/c41-29-13-9-10-25(21-29)20-27(26-11-3-1-4-12-26)18-19-35-36-28(24-45-30-14-5-2-6-15-30)22-33-37(34(36)23-40(44)46-35)39(43)32-17-8-7-16-31(32)38(33)42/h1-17,20-21,33-35,37,41,44H,18-19,22-24H2/b27-20-/t33-,34+,35-,37-/m1/s1. The number of ketones is 2. The minimum Gasteiger partial charge on any atom is -0.508 e. The van der Waals surface area contributed by atoms with Crippen LogP contribution in [0.4, 0.5) is 0 Å². The number of aromatic hydroxyl groups is 1. The molecule has 230 valence electrons. The average molecular weight is 611 g/mol. The van der Waals surface area contributed by atoms with E-state index in [1.807, 2.05) is 60.7 Å². The molecule has 3 aliphatic rings. The number of para-hydroxylation sites is 1. The number of rotatable bonds is 8. The Kier molecular flexibility index (Phi) is 8.44. The van der Waals surface area contributed by atoms with E-state index in [2.05, 4.69) is 18.2 Å². The van der Waals surface area contributed by atoms with Crippen LogP contribution < -0.4 is 4.74 Å². The molecule has 7 rings (SSSR count). The third kappa shape index (κ3) is 5.96. The van der Waals surface area contributed by atoms with E-state index in [-0.39, 0.29) is 36.2 Å². The summed E-state index contributed by atoms with van der Waals surface area (Å²) in [6.07, 6.45) is 3.41. The van der Waals surface area contributed by atoms with Gasteiger partial charge >= 0.3 is 7.12 Å². The highest BCUT2D eigenvalue weighted by Gasteiger charge is 2.53. The Bertz CT molecular complexity index is 1810. The highest BCUT2D eigenvalue weighted by Crippen LogP contribution is 2.51. The molecule has 0 saturated carbocycles. The number of benzene rings is 4. The predicted octanol–water partition coefficient (Wildman–Crippen LogP) is 7.30. The van der Waals surface area contributed by atoms with Crippen molar-refractivity contribution in [2.24, 2.45) is 17.8 Å². The first-order chi connectivity index (χ1) is 22.5. The summed E-state index contributed by atoms with van der Waals surface area (Å²) < 4.78 is 12.5. The Morgan fingerprint density at radius 2 is 1.54 bits per heavy atom. The molecule has 2 N–H and O–H groups in total. The lowest BCUT2D eigenvalue weighted by molar-refractivity contribution is 0.0593. The lowest BCUT2D eigenvalue weighted by atomic mass is 9.54. The molecular formula is C39H35BO6. The SMILES string of the molecule is O=C1c2ccccc2C(=O)[C@@H]2CC(COc3ccccc3)=C3[C@@H](CC/C(=C/c4cccc(O)c4)c4ccccc4)OB(O)C[C@@H]3[C@H]12. The van der Waals surface area contributed by atoms with Crippen LogP contribution in [-0.4, -0.2) is 41.5 Å². The fourth-order valence-electron chi connectivity index (χ4n) is 7.54. The second kappa shape index (κ2) is 13.0. The van der Waals surface area contributed by atoms with Crippen LogP contribution in [0.2, 0.25) is 6.32 Å². The fourth-order valence-corrected chi connectivity index (χ4v) is 7.54. The van der Waals surface area contributed by atoms with Crippen LogP contribution in [0.3, 0.4) is 0 Å². The Morgan fingerprint density at radius 1 is 0.848 bits per heavy atom. The smallest absolute Gasteiger partial charge is 0.455 e. The molecular weight excluding hydrogens is 575 g/mol. The molecule has 0 aromatic heterocycles. The zero-order valence-corrected chi connectivity index (χ0v) is 25.4. The van der Waals surface area contributed by atoms with E-state index in [1.54, 1.807) is 36.4 Å². The van der Waals surface area contributed by atoms with E-state index in [9.17, 15) is 19.7 Å². The van der Waals surface area contributed by atoms with Gasteiger partial charge < -0.3 is 19.5 Å². The lowest BCUT2D eigenvalue weighted by Crippen LogP contribution is -2.51. The molecule has 0 radical (unpaired) electrons. The summed E-state index contributed by atoms with van der Waals surface area (Å²) in [5.74, 6) is -0.554. The maximum Gasteiger partial charge on any atom is 0.455 e. The van der Waals surface area contributed by atoms with Crippen LogP contribution in [-0.2, 0) is 4.65 Å². The molecule has 7 heteroatoms. The fraction of sp³-hybridized carbons (Fsp3) is 0.231. The van der Waals surface area contributed by atoms with Gasteiger partial charge in [-0.3, -0.25) is 9.59 Å². The van der Waals surface area contributed by atoms with Crippen molar-refractivity contribution < 1.29 is 29.1 Å². The lowest BCUT2D eigenvalue weighted by Gasteiger charge is -2.47. The number of phenolic OH excluding ortho intramolecular Hbond substituents is 1. The molecule has 1 fully saturated rings. The van der Waals surface area contributed by atoms with E-state index in [0.29, 0.717) is 30.4 Å². The number of ether oxygens (including phenoxy) is 1. The van der Waals surface area contributed by atoms with Crippen molar-refractivity contribution in [3.63, 3.8) is 0 Å². The van der Waals surface area contributed by atoms with Gasteiger partial charge in [-0.1, -0.05) is 91.0 Å². The molecule has 0 unspecified atom stereocenters. The summed E-state index contributed by atoms with van der Waals surface area (Å²) in [7, 11) is -1.07. The minimum atomic E-state index is -1.07. The van der Waals surface area contributed by atoms with E-state index < -0.39 is 25.1 Å². The summed E-state index contributed by atoms with van der Waals surface area (Å²) in [5, 5.41) is 21.2. The van der Waals surface area contributed by atoms with Crippen molar-refractivity contribution in [2.45, 2.75) is 31.7 Å². The monoisotopic (exact) mass is 610 g/mol. The molecule has 1 saturated heterocycles. The van der Waals surface area contributed by atoms with Crippen LogP contribution >= 0.6 is 0 Å². The number of Topliss-reactive ketones (excluding diaryl/α,β-unsaturated/α-hetero) is 2. The third-order valence-electron chi connectivity index (χ3n) is 9.55. The number of fused-ring (bicyclic) bond motifs is 4. The first kappa shape index (κ1) is 30.0. The molecule has 6 nitrogen and oxygen atoms in total. The van der Waals surface area contributed by atoms with Crippen molar-refractivity contribution in [1.29, 1.82) is 0 Å². The second-order valence-corrected chi connectivity index (χ2v) is 12.4. The minimum absolute atomic E-state index is 0.0191. The first-order valence-corrected chi connectivity index (χ1v) is 15.9. The van der Waals surface area contributed by atoms with Crippen LogP contribution in [0, 0.1) is 17.8 Å². The summed E-state index contributed by atoms with van der Waals surface area (Å²) in [5.41, 5.74) is 5.88. The molecule has 1 heterocycles. The molecule has 0 amide bonds. The molecule has 4 aromatic rings. The van der Waals surface area contributed by atoms with E-state index in [4.69, 9.17) is 9.39 Å². The Labute approximate surface area is 269 Å². The van der Waals surface area contributed by atoms with Crippen molar-refractivity contribution in [2.75, 3.05) is 6.61 Å². The highest BCUT2D eigenvalue weighted by atomic mass is 16.5. The number of carbonyl (C=O) groups excluding carboxylic acids is 2. The van der Waals surface area contributed by atoms with Crippen LogP contribution in [0.15, 0.2) is 120 Å². The molecule has 0 bridgehead atoms. The van der Waals surface area contributed by atoms with E-state index in [1.165, 1.54) is 0 Å². The molecule has 4 atom stereocenters. The number of hydrogen-bond donors (Lipinski definition) is 2. The van der Waals surface area contributed by atoms with Crippen molar-refractivity contribution in [3.05, 3.63) is 143 Å². The maximum absolute atomic E-state index is 14.1. The van der Waals surface area contributed by atoms with E-state index in [0.717, 1.165) is 33.6 Å². The molecule has 2 aliphatic carbocycles. The van der Waals surface area contributed by atoms with Gasteiger partial charge in [0.25, 0.3) is 0 Å². The number of carbonyl (C=O) groups is 2. The van der Waals surface area contributed by atoms with E-state index >= 15 is 0 Å². The molecule has 1 aliphatic heterocycles. The normalized spacial score (nSPS) is 22.6. The summed E-state index contributed by atoms with van der Waals surface area (Å²) in [4.78, 5) is 28.0. The van der Waals surface area contributed by atoms with Crippen molar-refractivity contribution >= 4 is 30.3 Å². The number of allylic oxidation sites excluding steroid dienone is 1. The quantitative estimate of drug-likeness (QED) is 0.124. The summed E-state index contributed by atoms with van der Waals surface area (Å²) in [6, 6.07) is 33.9. The predicted molar refractivity (Wildman–Crippen MR) is 178 cm³/mol. The largest absolute Gasteiger partial charge is 0.508 e. The third-order valence-corrected chi connectivity index (χ3v) is 9.55. The molecule has 0 spiro atoms. The second-order valence-electron chi connectivity index (χ2n) is 12.4. The Hall–Kier alpha value is -4.72. The van der Waals surface area contributed by atoms with Gasteiger partial charge in [-0.2, -0.15) is 0 Å². The highest BCUT2D eigenvalue weighted by molar-refractivity contribution is 6.43. The van der Waals surface area contributed by atoms with Crippen LogP contribution in [0.5, 0.6) is 11.5 Å². The number of hydrogen-bond acceptors (Lipinski definition) is 6. The van der Waals surface area contributed by atoms with Gasteiger partial charge in [0.1, 0.15) is 18.1 Å². The van der Waals surface area contributed by atoms with Crippen LogP contribution in [0.1, 0.15) is 51.1 Å². The van der Waals surface area contributed by atoms with Gasteiger partial charge in [-0.05, 0) is 83.6 Å². The van der Waals surface area contributed by atoms with Crippen molar-refractivity contribution in [1.82, 2.24) is 0 Å². The first-order valence-electron chi connectivity index (χ1n) is 15.9. The van der Waals surface area contributed by atoms with Gasteiger partial charge in [0.2, 0.25) is 0 Å². The Balaban J connectivity index is 1.26. The van der Waals surface area contributed by atoms with Gasteiger partial charge in [0, 0.05) is 23.0 Å². The topological polar surface area (TPSA) is 93.1 Å². The van der Waals surface area contributed by atoms with Gasteiger partial charge in [-0.25, -0.2) is 0 Å². The average Bonchev–Trinajstić information content (AvgIpc) is 3.08. The summed E-state index contributed by atoms with van der Waals surface area (Å²) in [6.45, 7) is 0.267.